The second kappa shape index (κ2) is 6.39. The monoisotopic (exact) mass is 317 g/mol. The molecule has 0 atom stereocenters. The molecule has 7 heteroatoms. The van der Waals surface area contributed by atoms with Crippen LogP contribution in [0.5, 0.6) is 0 Å². The molecule has 3 heterocycles. The van der Waals surface area contributed by atoms with Crippen molar-refractivity contribution in [3.8, 4) is 0 Å². The molecule has 0 saturated carbocycles. The fourth-order valence-corrected chi connectivity index (χ4v) is 4.05. The van der Waals surface area contributed by atoms with Gasteiger partial charge >= 0.3 is 5.00 Å². The lowest BCUT2D eigenvalue weighted by atomic mass is 9.78. The van der Waals surface area contributed by atoms with Crippen molar-refractivity contribution in [3.63, 3.8) is 0 Å². The Morgan fingerprint density at radius 2 is 2.15 bits per heavy atom. The van der Waals surface area contributed by atoms with Gasteiger partial charge in [0.1, 0.15) is 0 Å². The predicted molar refractivity (Wildman–Crippen MR) is 82.7 cm³/mol. The maximum Gasteiger partial charge on any atom is 0.324 e. The van der Waals surface area contributed by atoms with Crippen LogP contribution in [0, 0.1) is 15.5 Å². The van der Waals surface area contributed by atoms with Gasteiger partial charge in [0, 0.05) is 24.5 Å². The minimum Gasteiger partial charge on any atom is -0.317 e. The Bertz CT molecular complexity index is 474. The number of halogens is 1. The highest BCUT2D eigenvalue weighted by Gasteiger charge is 2.38. The number of hydrogen-bond acceptors (Lipinski definition) is 5. The van der Waals surface area contributed by atoms with Crippen molar-refractivity contribution in [2.75, 3.05) is 26.2 Å². The molecular formula is C13H20ClN3O2S. The van der Waals surface area contributed by atoms with Crippen LogP contribution in [0.2, 0.25) is 0 Å². The van der Waals surface area contributed by atoms with E-state index in [4.69, 9.17) is 0 Å². The number of rotatable bonds is 3. The van der Waals surface area contributed by atoms with Crippen molar-refractivity contribution in [3.05, 3.63) is 27.1 Å². The number of nitro groups is 1. The standard InChI is InChI=1S/C13H19N3O2S.ClH/c17-16(18)12-7-11(9-19-12)8-15-6-3-13(10-15)1-4-14-5-2-13;/h7,9,14H,1-6,8,10H2;1H. The average molecular weight is 318 g/mol. The molecule has 3 rings (SSSR count). The molecule has 1 aromatic heterocycles. The highest BCUT2D eigenvalue weighted by Crippen LogP contribution is 2.39. The molecular weight excluding hydrogens is 298 g/mol. The van der Waals surface area contributed by atoms with Crippen LogP contribution in [-0.2, 0) is 6.54 Å². The normalized spacial score (nSPS) is 21.8. The van der Waals surface area contributed by atoms with Gasteiger partial charge in [-0.3, -0.25) is 15.0 Å². The van der Waals surface area contributed by atoms with Crippen molar-refractivity contribution < 1.29 is 4.92 Å². The molecule has 2 aliphatic heterocycles. The number of nitrogens with one attached hydrogen (secondary N) is 1. The van der Waals surface area contributed by atoms with Gasteiger partial charge in [0.15, 0.2) is 0 Å². The molecule has 2 aliphatic rings. The Morgan fingerprint density at radius 1 is 1.40 bits per heavy atom. The van der Waals surface area contributed by atoms with E-state index in [0.29, 0.717) is 5.41 Å². The van der Waals surface area contributed by atoms with Gasteiger partial charge in [0.2, 0.25) is 0 Å². The Morgan fingerprint density at radius 3 is 2.80 bits per heavy atom. The first-order valence-corrected chi connectivity index (χ1v) is 7.70. The van der Waals surface area contributed by atoms with Crippen molar-refractivity contribution in [2.45, 2.75) is 25.8 Å². The first-order chi connectivity index (χ1) is 9.17. The summed E-state index contributed by atoms with van der Waals surface area (Å²) >= 11 is 1.23. The van der Waals surface area contributed by atoms with Crippen LogP contribution in [0.4, 0.5) is 5.00 Å². The molecule has 20 heavy (non-hydrogen) atoms. The Kier molecular flexibility index (Phi) is 5.01. The maximum absolute atomic E-state index is 10.7. The van der Waals surface area contributed by atoms with Crippen molar-refractivity contribution in [1.29, 1.82) is 0 Å². The van der Waals surface area contributed by atoms with Crippen molar-refractivity contribution >= 4 is 28.7 Å². The van der Waals surface area contributed by atoms with E-state index in [1.165, 1.54) is 30.6 Å². The maximum atomic E-state index is 10.7. The minimum absolute atomic E-state index is 0. The van der Waals surface area contributed by atoms with E-state index < -0.39 is 0 Å². The Hall–Kier alpha value is -0.690. The summed E-state index contributed by atoms with van der Waals surface area (Å²) in [6.45, 7) is 5.41. The van der Waals surface area contributed by atoms with Crippen LogP contribution in [0.3, 0.4) is 0 Å². The van der Waals surface area contributed by atoms with Crippen LogP contribution in [-0.4, -0.2) is 36.0 Å². The van der Waals surface area contributed by atoms with E-state index in [2.05, 4.69) is 10.2 Å². The smallest absolute Gasteiger partial charge is 0.317 e. The van der Waals surface area contributed by atoms with Crippen molar-refractivity contribution in [2.24, 2.45) is 5.41 Å². The molecule has 0 aromatic carbocycles. The summed E-state index contributed by atoms with van der Waals surface area (Å²) in [6, 6.07) is 1.72. The molecule has 1 N–H and O–H groups in total. The molecule has 1 spiro atoms. The lowest BCUT2D eigenvalue weighted by Gasteiger charge is -2.33. The van der Waals surface area contributed by atoms with Crippen LogP contribution in [0.15, 0.2) is 11.4 Å². The molecule has 0 radical (unpaired) electrons. The third kappa shape index (κ3) is 3.31. The second-order valence-electron chi connectivity index (χ2n) is 5.76. The van der Waals surface area contributed by atoms with Gasteiger partial charge in [-0.1, -0.05) is 11.3 Å². The molecule has 0 unspecified atom stereocenters. The topological polar surface area (TPSA) is 58.4 Å². The number of thiophene rings is 1. The van der Waals surface area contributed by atoms with Crippen LogP contribution >= 0.6 is 23.7 Å². The molecule has 0 aliphatic carbocycles. The molecule has 0 bridgehead atoms. The summed E-state index contributed by atoms with van der Waals surface area (Å²) in [7, 11) is 0. The highest BCUT2D eigenvalue weighted by atomic mass is 35.5. The van der Waals surface area contributed by atoms with Gasteiger partial charge in [-0.15, -0.1) is 12.4 Å². The molecule has 1 aromatic rings. The summed E-state index contributed by atoms with van der Waals surface area (Å²) in [5.74, 6) is 0. The summed E-state index contributed by atoms with van der Waals surface area (Å²) in [6.07, 6.45) is 3.82. The van der Waals surface area contributed by atoms with Gasteiger partial charge in [0.25, 0.3) is 0 Å². The second-order valence-corrected chi connectivity index (χ2v) is 6.65. The van der Waals surface area contributed by atoms with Gasteiger partial charge in [-0.2, -0.15) is 0 Å². The quantitative estimate of drug-likeness (QED) is 0.688. The number of hydrogen-bond donors (Lipinski definition) is 1. The van der Waals surface area contributed by atoms with Crippen LogP contribution in [0.1, 0.15) is 24.8 Å². The van der Waals surface area contributed by atoms with Gasteiger partial charge in [-0.05, 0) is 49.9 Å². The SMILES string of the molecule is Cl.O=[N+]([O-])c1cc(CN2CCC3(CCNCC3)C2)cs1. The summed E-state index contributed by atoms with van der Waals surface area (Å²) < 4.78 is 0. The number of piperidine rings is 1. The van der Waals surface area contributed by atoms with Crippen molar-refractivity contribution in [1.82, 2.24) is 10.2 Å². The lowest BCUT2D eigenvalue weighted by molar-refractivity contribution is -0.380. The minimum atomic E-state index is -0.299. The molecule has 2 saturated heterocycles. The molecule has 5 nitrogen and oxygen atoms in total. The van der Waals surface area contributed by atoms with E-state index in [1.54, 1.807) is 6.07 Å². The van der Waals surface area contributed by atoms with E-state index >= 15 is 0 Å². The number of nitrogens with zero attached hydrogens (tertiary/aromatic N) is 2. The fraction of sp³-hybridized carbons (Fsp3) is 0.692. The summed E-state index contributed by atoms with van der Waals surface area (Å²) in [5.41, 5.74) is 1.59. The van der Waals surface area contributed by atoms with Crippen LogP contribution in [0.25, 0.3) is 0 Å². The molecule has 2 fully saturated rings. The number of likely N-dealkylation sites (tertiary alicyclic amines) is 1. The third-order valence-electron chi connectivity index (χ3n) is 4.41. The zero-order valence-corrected chi connectivity index (χ0v) is 13.0. The van der Waals surface area contributed by atoms with E-state index in [1.807, 2.05) is 5.38 Å². The Labute approximate surface area is 128 Å². The fourth-order valence-electron chi connectivity index (χ4n) is 3.33. The third-order valence-corrected chi connectivity index (χ3v) is 5.34. The zero-order valence-electron chi connectivity index (χ0n) is 11.3. The van der Waals surface area contributed by atoms with Gasteiger partial charge in [-0.25, -0.2) is 0 Å². The van der Waals surface area contributed by atoms with E-state index in [0.717, 1.165) is 38.3 Å². The molecule has 0 amide bonds. The van der Waals surface area contributed by atoms with Gasteiger partial charge in [0.05, 0.1) is 4.92 Å². The van der Waals surface area contributed by atoms with Gasteiger partial charge < -0.3 is 5.32 Å². The first kappa shape index (κ1) is 15.7. The summed E-state index contributed by atoms with van der Waals surface area (Å²) in [5, 5.41) is 16.3. The highest BCUT2D eigenvalue weighted by molar-refractivity contribution is 7.13. The zero-order chi connectivity index (χ0) is 13.3. The summed E-state index contributed by atoms with van der Waals surface area (Å²) in [4.78, 5) is 12.8. The van der Waals surface area contributed by atoms with E-state index in [-0.39, 0.29) is 22.3 Å². The predicted octanol–water partition coefficient (Wildman–Crippen LogP) is 2.65. The molecule has 112 valence electrons. The largest absolute Gasteiger partial charge is 0.324 e. The van der Waals surface area contributed by atoms with Crippen LogP contribution < -0.4 is 5.32 Å². The lowest BCUT2D eigenvalue weighted by Crippen LogP contribution is -2.38. The average Bonchev–Trinajstić information content (AvgIpc) is 2.99. The Balaban J connectivity index is 0.00000147. The van der Waals surface area contributed by atoms with E-state index in [9.17, 15) is 10.1 Å². The first-order valence-electron chi connectivity index (χ1n) is 6.82.